The standard InChI is InChI=1S/C18H12Cl2FN3O/c19-12-4-3-7-15(17(12)20)24-18(25)16-9-8-11(10-22-16)23-14-6-2-1-5-13(14)21/h1-10,23H,(H,24,25). The molecule has 0 atom stereocenters. The summed E-state index contributed by atoms with van der Waals surface area (Å²) in [5.74, 6) is -0.804. The first-order chi connectivity index (χ1) is 12.0. The number of rotatable bonds is 4. The minimum Gasteiger partial charge on any atom is -0.352 e. The molecule has 2 N–H and O–H groups in total. The van der Waals surface area contributed by atoms with Gasteiger partial charge < -0.3 is 10.6 Å². The van der Waals surface area contributed by atoms with Gasteiger partial charge in [0.05, 0.1) is 33.3 Å². The number of hydrogen-bond donors (Lipinski definition) is 2. The second kappa shape index (κ2) is 7.51. The van der Waals surface area contributed by atoms with Crippen LogP contribution in [0.15, 0.2) is 60.8 Å². The van der Waals surface area contributed by atoms with E-state index in [1.54, 1.807) is 42.5 Å². The maximum atomic E-state index is 13.6. The second-order valence-corrected chi connectivity index (χ2v) is 5.88. The highest BCUT2D eigenvalue weighted by atomic mass is 35.5. The smallest absolute Gasteiger partial charge is 0.274 e. The molecular weight excluding hydrogens is 364 g/mol. The Bertz CT molecular complexity index is 916. The van der Waals surface area contributed by atoms with Crippen LogP contribution in [-0.2, 0) is 0 Å². The number of carbonyl (C=O) groups is 1. The first kappa shape index (κ1) is 17.2. The summed E-state index contributed by atoms with van der Waals surface area (Å²) in [6.45, 7) is 0. The molecule has 25 heavy (non-hydrogen) atoms. The van der Waals surface area contributed by atoms with Crippen LogP contribution in [0.1, 0.15) is 10.5 Å². The molecule has 0 fully saturated rings. The van der Waals surface area contributed by atoms with E-state index in [9.17, 15) is 9.18 Å². The summed E-state index contributed by atoms with van der Waals surface area (Å²) in [5.41, 5.74) is 1.47. The number of carbonyl (C=O) groups excluding carboxylic acids is 1. The molecule has 0 unspecified atom stereocenters. The van der Waals surface area contributed by atoms with Crippen LogP contribution in [0.4, 0.5) is 21.5 Å². The number of nitrogens with one attached hydrogen (secondary N) is 2. The van der Waals surface area contributed by atoms with Gasteiger partial charge in [0.15, 0.2) is 0 Å². The van der Waals surface area contributed by atoms with Crippen molar-refractivity contribution >= 4 is 46.2 Å². The lowest BCUT2D eigenvalue weighted by Crippen LogP contribution is -2.14. The van der Waals surface area contributed by atoms with Crippen molar-refractivity contribution in [3.63, 3.8) is 0 Å². The molecule has 0 saturated heterocycles. The Morgan fingerprint density at radius 2 is 1.72 bits per heavy atom. The highest BCUT2D eigenvalue weighted by Gasteiger charge is 2.11. The number of aromatic nitrogens is 1. The van der Waals surface area contributed by atoms with E-state index in [1.807, 2.05) is 0 Å². The van der Waals surface area contributed by atoms with E-state index in [-0.39, 0.29) is 16.5 Å². The molecule has 0 aliphatic carbocycles. The molecular formula is C18H12Cl2FN3O. The van der Waals surface area contributed by atoms with Crippen molar-refractivity contribution in [1.82, 2.24) is 4.98 Å². The van der Waals surface area contributed by atoms with Crippen LogP contribution in [0.2, 0.25) is 10.0 Å². The summed E-state index contributed by atoms with van der Waals surface area (Å²) in [5, 5.41) is 6.15. The third-order valence-electron chi connectivity index (χ3n) is 3.35. The van der Waals surface area contributed by atoms with Crippen LogP contribution in [-0.4, -0.2) is 10.9 Å². The zero-order chi connectivity index (χ0) is 17.8. The Hall–Kier alpha value is -2.63. The monoisotopic (exact) mass is 375 g/mol. The van der Waals surface area contributed by atoms with Crippen molar-refractivity contribution in [3.8, 4) is 0 Å². The molecule has 0 saturated carbocycles. The average molecular weight is 376 g/mol. The van der Waals surface area contributed by atoms with Gasteiger partial charge in [-0.05, 0) is 36.4 Å². The SMILES string of the molecule is O=C(Nc1cccc(Cl)c1Cl)c1ccc(Nc2ccccc2F)cn1. The molecule has 0 spiro atoms. The predicted octanol–water partition coefficient (Wildman–Crippen LogP) is 5.52. The molecule has 7 heteroatoms. The lowest BCUT2D eigenvalue weighted by molar-refractivity contribution is 0.102. The average Bonchev–Trinajstić information content (AvgIpc) is 2.61. The summed E-state index contributed by atoms with van der Waals surface area (Å²) < 4.78 is 13.6. The van der Waals surface area contributed by atoms with Gasteiger partial charge in [0.25, 0.3) is 5.91 Å². The highest BCUT2D eigenvalue weighted by molar-refractivity contribution is 6.44. The summed E-state index contributed by atoms with van der Waals surface area (Å²) in [6, 6.07) is 14.4. The van der Waals surface area contributed by atoms with Gasteiger partial charge in [0, 0.05) is 0 Å². The molecule has 3 rings (SSSR count). The van der Waals surface area contributed by atoms with Crippen LogP contribution in [0.3, 0.4) is 0 Å². The van der Waals surface area contributed by atoms with E-state index in [4.69, 9.17) is 23.2 Å². The van der Waals surface area contributed by atoms with Crippen molar-refractivity contribution in [2.45, 2.75) is 0 Å². The fourth-order valence-corrected chi connectivity index (χ4v) is 2.45. The van der Waals surface area contributed by atoms with E-state index in [0.29, 0.717) is 22.1 Å². The maximum absolute atomic E-state index is 13.6. The molecule has 0 bridgehead atoms. The number of amides is 1. The number of nitrogens with zero attached hydrogens (tertiary/aromatic N) is 1. The number of halogens is 3. The second-order valence-electron chi connectivity index (χ2n) is 5.09. The molecule has 1 amide bonds. The minimum atomic E-state index is -0.429. The van der Waals surface area contributed by atoms with Crippen molar-refractivity contribution < 1.29 is 9.18 Å². The van der Waals surface area contributed by atoms with Crippen molar-refractivity contribution in [1.29, 1.82) is 0 Å². The number of pyridine rings is 1. The molecule has 1 heterocycles. The third-order valence-corrected chi connectivity index (χ3v) is 4.17. The molecule has 0 aliphatic heterocycles. The number of para-hydroxylation sites is 1. The Morgan fingerprint density at radius 1 is 0.960 bits per heavy atom. The van der Waals surface area contributed by atoms with E-state index in [0.717, 1.165) is 0 Å². The molecule has 0 aliphatic rings. The van der Waals surface area contributed by atoms with Crippen LogP contribution in [0.5, 0.6) is 0 Å². The third kappa shape index (κ3) is 4.07. The van der Waals surface area contributed by atoms with Gasteiger partial charge in [-0.1, -0.05) is 41.4 Å². The van der Waals surface area contributed by atoms with Crippen LogP contribution in [0.25, 0.3) is 0 Å². The maximum Gasteiger partial charge on any atom is 0.274 e. The fraction of sp³-hybridized carbons (Fsp3) is 0. The zero-order valence-electron chi connectivity index (χ0n) is 12.8. The number of anilines is 3. The minimum absolute atomic E-state index is 0.190. The fourth-order valence-electron chi connectivity index (χ4n) is 2.11. The van der Waals surface area contributed by atoms with Gasteiger partial charge >= 0.3 is 0 Å². The summed E-state index contributed by atoms with van der Waals surface area (Å²) in [4.78, 5) is 16.3. The van der Waals surface area contributed by atoms with E-state index in [2.05, 4.69) is 15.6 Å². The van der Waals surface area contributed by atoms with Gasteiger partial charge in [0.1, 0.15) is 11.5 Å². The molecule has 1 aromatic heterocycles. The summed E-state index contributed by atoms with van der Waals surface area (Å²) in [7, 11) is 0. The van der Waals surface area contributed by atoms with Gasteiger partial charge in [-0.25, -0.2) is 9.37 Å². The molecule has 4 nitrogen and oxygen atoms in total. The van der Waals surface area contributed by atoms with E-state index >= 15 is 0 Å². The predicted molar refractivity (Wildman–Crippen MR) is 98.3 cm³/mol. The largest absolute Gasteiger partial charge is 0.352 e. The first-order valence-corrected chi connectivity index (χ1v) is 8.03. The van der Waals surface area contributed by atoms with E-state index in [1.165, 1.54) is 18.3 Å². The topological polar surface area (TPSA) is 54.0 Å². The van der Waals surface area contributed by atoms with Crippen LogP contribution in [0, 0.1) is 5.82 Å². The van der Waals surface area contributed by atoms with Crippen LogP contribution < -0.4 is 10.6 Å². The normalized spacial score (nSPS) is 10.4. The molecule has 126 valence electrons. The molecule has 3 aromatic rings. The summed E-state index contributed by atoms with van der Waals surface area (Å²) >= 11 is 12.0. The van der Waals surface area contributed by atoms with Gasteiger partial charge in [-0.15, -0.1) is 0 Å². The number of benzene rings is 2. The quantitative estimate of drug-likeness (QED) is 0.630. The Kier molecular flexibility index (Phi) is 5.16. The lowest BCUT2D eigenvalue weighted by Gasteiger charge is -2.09. The highest BCUT2D eigenvalue weighted by Crippen LogP contribution is 2.29. The number of hydrogen-bond acceptors (Lipinski definition) is 3. The van der Waals surface area contributed by atoms with Crippen molar-refractivity contribution in [2.75, 3.05) is 10.6 Å². The summed E-state index contributed by atoms with van der Waals surface area (Å²) in [6.07, 6.45) is 1.45. The Morgan fingerprint density at radius 3 is 2.44 bits per heavy atom. The zero-order valence-corrected chi connectivity index (χ0v) is 14.3. The molecule has 2 aromatic carbocycles. The van der Waals surface area contributed by atoms with Crippen molar-refractivity contribution in [2.24, 2.45) is 0 Å². The van der Waals surface area contributed by atoms with Crippen LogP contribution >= 0.6 is 23.2 Å². The Balaban J connectivity index is 1.72. The van der Waals surface area contributed by atoms with E-state index < -0.39 is 5.91 Å². The van der Waals surface area contributed by atoms with Gasteiger partial charge in [0.2, 0.25) is 0 Å². The first-order valence-electron chi connectivity index (χ1n) is 7.27. The lowest BCUT2D eigenvalue weighted by atomic mass is 10.2. The molecule has 0 radical (unpaired) electrons. The Labute approximate surface area is 153 Å². The van der Waals surface area contributed by atoms with Gasteiger partial charge in [-0.3, -0.25) is 4.79 Å². The van der Waals surface area contributed by atoms with Crippen molar-refractivity contribution in [3.05, 3.63) is 82.4 Å². The van der Waals surface area contributed by atoms with Gasteiger partial charge in [-0.2, -0.15) is 0 Å².